The van der Waals surface area contributed by atoms with Gasteiger partial charge in [-0.25, -0.2) is 4.79 Å². The molecular formula is C15H20N2O3. The van der Waals surface area contributed by atoms with Crippen LogP contribution < -0.4 is 10.6 Å². The lowest BCUT2D eigenvalue weighted by Gasteiger charge is -2.36. The number of carbonyl (C=O) groups excluding carboxylic acids is 1. The highest BCUT2D eigenvalue weighted by Gasteiger charge is 2.32. The molecule has 2 rings (SSSR count). The monoisotopic (exact) mass is 276 g/mol. The fraction of sp³-hybridized carbons (Fsp3) is 0.467. The summed E-state index contributed by atoms with van der Waals surface area (Å²) in [7, 11) is 0. The van der Waals surface area contributed by atoms with Crippen molar-refractivity contribution in [3.05, 3.63) is 35.4 Å². The fourth-order valence-electron chi connectivity index (χ4n) is 2.75. The van der Waals surface area contributed by atoms with E-state index < -0.39 is 5.97 Å². The zero-order valence-corrected chi connectivity index (χ0v) is 11.6. The van der Waals surface area contributed by atoms with Crippen LogP contribution in [0.1, 0.15) is 37.3 Å². The molecule has 0 spiro atoms. The first-order valence-corrected chi connectivity index (χ1v) is 6.87. The Kier molecular flexibility index (Phi) is 4.27. The van der Waals surface area contributed by atoms with Gasteiger partial charge in [0.1, 0.15) is 0 Å². The molecule has 0 bridgehead atoms. The van der Waals surface area contributed by atoms with Gasteiger partial charge in [0.05, 0.1) is 12.0 Å². The van der Waals surface area contributed by atoms with Crippen LogP contribution in [0.15, 0.2) is 24.3 Å². The average molecular weight is 276 g/mol. The van der Waals surface area contributed by atoms with E-state index in [1.54, 1.807) is 0 Å². The van der Waals surface area contributed by atoms with Crippen LogP contribution in [0.2, 0.25) is 0 Å². The second-order valence-electron chi connectivity index (χ2n) is 5.37. The zero-order chi connectivity index (χ0) is 14.6. The number of nitrogens with one attached hydrogen (secondary N) is 2. The molecule has 0 saturated carbocycles. The van der Waals surface area contributed by atoms with E-state index in [9.17, 15) is 9.59 Å². The largest absolute Gasteiger partial charge is 0.481 e. The number of carboxylic acids is 1. The van der Waals surface area contributed by atoms with Crippen molar-refractivity contribution in [1.29, 1.82) is 0 Å². The average Bonchev–Trinajstić information content (AvgIpc) is 2.38. The predicted molar refractivity (Wildman–Crippen MR) is 75.5 cm³/mol. The molecule has 1 unspecified atom stereocenters. The van der Waals surface area contributed by atoms with Crippen molar-refractivity contribution in [2.45, 2.75) is 38.1 Å². The number of amides is 2. The predicted octanol–water partition coefficient (Wildman–Crippen LogP) is 2.01. The molecule has 5 heteroatoms. The van der Waals surface area contributed by atoms with Crippen LogP contribution >= 0.6 is 0 Å². The van der Waals surface area contributed by atoms with Gasteiger partial charge in [-0.1, -0.05) is 24.3 Å². The van der Waals surface area contributed by atoms with E-state index in [0.29, 0.717) is 0 Å². The molecule has 20 heavy (non-hydrogen) atoms. The second-order valence-corrected chi connectivity index (χ2v) is 5.37. The van der Waals surface area contributed by atoms with Gasteiger partial charge in [0, 0.05) is 6.54 Å². The Bertz CT molecular complexity index is 516. The van der Waals surface area contributed by atoms with Crippen LogP contribution in [-0.2, 0) is 16.8 Å². The maximum Gasteiger partial charge on any atom is 0.315 e. The molecular weight excluding hydrogens is 256 g/mol. The SMILES string of the molecule is CC1(NC(=O)NCCC(=O)O)CCCc2ccccc21. The number of aliphatic carboxylic acids is 1. The summed E-state index contributed by atoms with van der Waals surface area (Å²) < 4.78 is 0. The van der Waals surface area contributed by atoms with Gasteiger partial charge in [-0.3, -0.25) is 4.79 Å². The van der Waals surface area contributed by atoms with Crippen molar-refractivity contribution in [3.63, 3.8) is 0 Å². The number of hydrogen-bond acceptors (Lipinski definition) is 2. The van der Waals surface area contributed by atoms with Gasteiger partial charge in [-0.15, -0.1) is 0 Å². The molecule has 3 N–H and O–H groups in total. The molecule has 2 amide bonds. The number of carboxylic acid groups (broad SMARTS) is 1. The number of fused-ring (bicyclic) bond motifs is 1. The Morgan fingerprint density at radius 3 is 2.85 bits per heavy atom. The molecule has 0 fully saturated rings. The quantitative estimate of drug-likeness (QED) is 0.787. The molecule has 1 aromatic carbocycles. The van der Waals surface area contributed by atoms with Crippen molar-refractivity contribution in [2.24, 2.45) is 0 Å². The molecule has 1 atom stereocenters. The molecule has 1 aromatic rings. The number of rotatable bonds is 4. The summed E-state index contributed by atoms with van der Waals surface area (Å²) in [6.45, 7) is 2.15. The lowest BCUT2D eigenvalue weighted by Crippen LogP contribution is -2.50. The minimum Gasteiger partial charge on any atom is -0.481 e. The third kappa shape index (κ3) is 3.29. The van der Waals surface area contributed by atoms with Gasteiger partial charge in [-0.05, 0) is 37.3 Å². The Balaban J connectivity index is 2.01. The van der Waals surface area contributed by atoms with Gasteiger partial charge < -0.3 is 15.7 Å². The van der Waals surface area contributed by atoms with E-state index in [2.05, 4.69) is 16.7 Å². The summed E-state index contributed by atoms with van der Waals surface area (Å²) in [4.78, 5) is 22.3. The smallest absolute Gasteiger partial charge is 0.315 e. The summed E-state index contributed by atoms with van der Waals surface area (Å²) >= 11 is 0. The topological polar surface area (TPSA) is 78.4 Å². The maximum atomic E-state index is 11.9. The normalized spacial score (nSPS) is 20.9. The van der Waals surface area contributed by atoms with E-state index in [0.717, 1.165) is 24.8 Å². The molecule has 108 valence electrons. The van der Waals surface area contributed by atoms with Crippen molar-refractivity contribution < 1.29 is 14.7 Å². The number of carbonyl (C=O) groups is 2. The van der Waals surface area contributed by atoms with Crippen molar-refractivity contribution in [2.75, 3.05) is 6.54 Å². The van der Waals surface area contributed by atoms with Gasteiger partial charge in [0.2, 0.25) is 0 Å². The Labute approximate surface area is 118 Å². The Morgan fingerprint density at radius 1 is 1.35 bits per heavy atom. The van der Waals surface area contributed by atoms with E-state index in [-0.39, 0.29) is 24.5 Å². The van der Waals surface area contributed by atoms with Gasteiger partial charge in [0.15, 0.2) is 0 Å². The third-order valence-corrected chi connectivity index (χ3v) is 3.75. The van der Waals surface area contributed by atoms with Crippen LogP contribution in [0, 0.1) is 0 Å². The molecule has 0 saturated heterocycles. The lowest BCUT2D eigenvalue weighted by atomic mass is 9.78. The maximum absolute atomic E-state index is 11.9. The van der Waals surface area contributed by atoms with Crippen LogP contribution in [0.4, 0.5) is 4.79 Å². The minimum absolute atomic E-state index is 0.0687. The van der Waals surface area contributed by atoms with Gasteiger partial charge in [0.25, 0.3) is 0 Å². The van der Waals surface area contributed by atoms with Gasteiger partial charge >= 0.3 is 12.0 Å². The molecule has 0 aliphatic heterocycles. The summed E-state index contributed by atoms with van der Waals surface area (Å²) in [6.07, 6.45) is 2.88. The zero-order valence-electron chi connectivity index (χ0n) is 11.6. The van der Waals surface area contributed by atoms with E-state index >= 15 is 0 Å². The van der Waals surface area contributed by atoms with E-state index in [4.69, 9.17) is 5.11 Å². The highest BCUT2D eigenvalue weighted by molar-refractivity contribution is 5.76. The molecule has 1 aliphatic rings. The third-order valence-electron chi connectivity index (χ3n) is 3.75. The number of aryl methyl sites for hydroxylation is 1. The number of urea groups is 1. The Hall–Kier alpha value is -2.04. The molecule has 5 nitrogen and oxygen atoms in total. The first kappa shape index (κ1) is 14.4. The van der Waals surface area contributed by atoms with E-state index in [1.807, 2.05) is 25.1 Å². The van der Waals surface area contributed by atoms with Crippen molar-refractivity contribution >= 4 is 12.0 Å². The highest BCUT2D eigenvalue weighted by Crippen LogP contribution is 2.34. The van der Waals surface area contributed by atoms with Gasteiger partial charge in [-0.2, -0.15) is 0 Å². The van der Waals surface area contributed by atoms with Crippen LogP contribution in [0.3, 0.4) is 0 Å². The number of hydrogen-bond donors (Lipinski definition) is 3. The molecule has 0 aromatic heterocycles. The molecule has 0 heterocycles. The fourth-order valence-corrected chi connectivity index (χ4v) is 2.75. The highest BCUT2D eigenvalue weighted by atomic mass is 16.4. The first-order chi connectivity index (χ1) is 9.51. The second kappa shape index (κ2) is 5.94. The van der Waals surface area contributed by atoms with Crippen molar-refractivity contribution in [3.8, 4) is 0 Å². The standard InChI is InChI=1S/C15H20N2O3/c1-15(17-14(20)16-10-8-13(18)19)9-4-6-11-5-2-3-7-12(11)15/h2-3,5,7H,4,6,8-10H2,1H3,(H,18,19)(H2,16,17,20). The summed E-state index contributed by atoms with van der Waals surface area (Å²) in [5.41, 5.74) is 2.04. The van der Waals surface area contributed by atoms with Crippen LogP contribution in [0.25, 0.3) is 0 Å². The first-order valence-electron chi connectivity index (χ1n) is 6.87. The number of benzene rings is 1. The van der Waals surface area contributed by atoms with E-state index in [1.165, 1.54) is 5.56 Å². The van der Waals surface area contributed by atoms with Crippen molar-refractivity contribution in [1.82, 2.24) is 10.6 Å². The summed E-state index contributed by atoms with van der Waals surface area (Å²) in [5, 5.41) is 14.1. The molecule has 1 aliphatic carbocycles. The van der Waals surface area contributed by atoms with Crippen LogP contribution in [0.5, 0.6) is 0 Å². The summed E-state index contributed by atoms with van der Waals surface area (Å²) in [6, 6.07) is 7.82. The Morgan fingerprint density at radius 2 is 2.10 bits per heavy atom. The molecule has 0 radical (unpaired) electrons. The lowest BCUT2D eigenvalue weighted by molar-refractivity contribution is -0.136. The van der Waals surface area contributed by atoms with Crippen LogP contribution in [-0.4, -0.2) is 23.7 Å². The summed E-state index contributed by atoms with van der Waals surface area (Å²) in [5.74, 6) is -0.917. The minimum atomic E-state index is -0.917.